The lowest BCUT2D eigenvalue weighted by Crippen LogP contribution is -2.38. The number of primary amides is 1. The molecule has 6 atom stereocenters. The summed E-state index contributed by atoms with van der Waals surface area (Å²) in [6.45, 7) is 7.90. The molecule has 0 aromatic carbocycles. The van der Waals surface area contributed by atoms with E-state index in [-0.39, 0.29) is 40.8 Å². The number of hydrogen-bond acceptors (Lipinski definition) is 12. The van der Waals surface area contributed by atoms with E-state index >= 15 is 0 Å². The van der Waals surface area contributed by atoms with Crippen LogP contribution in [0.1, 0.15) is 76.7 Å². The van der Waals surface area contributed by atoms with Crippen LogP contribution >= 0.6 is 0 Å². The van der Waals surface area contributed by atoms with Crippen molar-refractivity contribution in [1.29, 1.82) is 0 Å². The highest BCUT2D eigenvalue weighted by molar-refractivity contribution is 6.23. The van der Waals surface area contributed by atoms with Gasteiger partial charge < -0.3 is 41.0 Å². The van der Waals surface area contributed by atoms with E-state index in [2.05, 4.69) is 25.9 Å². The molecule has 2 aliphatic rings. The van der Waals surface area contributed by atoms with Gasteiger partial charge in [-0.2, -0.15) is 0 Å². The first-order valence-electron chi connectivity index (χ1n) is 18.1. The molecule has 0 radical (unpaired) electrons. The number of allylic oxidation sites excluding steroid dienone is 4. The maximum absolute atomic E-state index is 13.9. The monoisotopic (exact) mass is 750 g/mol. The van der Waals surface area contributed by atoms with Crippen molar-refractivity contribution in [2.75, 3.05) is 27.3 Å². The fourth-order valence-corrected chi connectivity index (χ4v) is 6.31. The van der Waals surface area contributed by atoms with E-state index in [1.165, 1.54) is 32.8 Å². The summed E-state index contributed by atoms with van der Waals surface area (Å²) in [6.07, 6.45) is 9.58. The van der Waals surface area contributed by atoms with Crippen LogP contribution in [0.5, 0.6) is 0 Å². The van der Waals surface area contributed by atoms with Gasteiger partial charge in [0.2, 0.25) is 11.6 Å². The van der Waals surface area contributed by atoms with Crippen LogP contribution in [0.15, 0.2) is 77.1 Å². The van der Waals surface area contributed by atoms with Crippen LogP contribution in [0.3, 0.4) is 0 Å². The van der Waals surface area contributed by atoms with Gasteiger partial charge in [-0.25, -0.2) is 14.8 Å². The first-order chi connectivity index (χ1) is 25.8. The Morgan fingerprint density at radius 2 is 1.78 bits per heavy atom. The van der Waals surface area contributed by atoms with Crippen molar-refractivity contribution >= 4 is 29.5 Å². The normalized spacial score (nSPS) is 27.1. The van der Waals surface area contributed by atoms with Crippen molar-refractivity contribution in [1.82, 2.24) is 25.9 Å². The number of Topliss-reactive ketones (excluding diaryl/α,β-unsaturated/α-hetero) is 1. The molecule has 294 valence electrons. The van der Waals surface area contributed by atoms with Crippen molar-refractivity contribution in [3.05, 3.63) is 82.8 Å². The number of aromatic nitrogens is 2. The van der Waals surface area contributed by atoms with Gasteiger partial charge in [-0.05, 0) is 57.1 Å². The van der Waals surface area contributed by atoms with E-state index in [1.54, 1.807) is 45.1 Å². The molecule has 3 rings (SSSR count). The maximum atomic E-state index is 13.9. The highest BCUT2D eigenvalue weighted by Crippen LogP contribution is 2.29. The van der Waals surface area contributed by atoms with Crippen molar-refractivity contribution in [2.24, 2.45) is 17.6 Å². The number of ether oxygens (including phenoxy) is 3. The minimum Gasteiger partial charge on any atom is -0.439 e. The standard InChI is InChI=1S/C39H54N6O9/c1-23-18-27-33(42-15-9-7-8-10-16-43-38(50)28-14-17-41-22-44-28)30(46)21-29(35(27)48)45-37(49)24(2)12-11-13-31(52-5)36(54-39(40)51)26(4)20-25(3)34(47)32(19-23)53-6/h11-14,17,20-23,25,31-32,34,36,42,47H,7-10,15-16,18-19H2,1-6H3,(H2,40,51)(H,43,50)(H,45,49)/b13-11-,24-12+,26-20+/t23-,25+,31+,32+,34-,36+/m1/s1. The number of carbonyl (C=O) groups excluding carboxylic acids is 5. The number of ketones is 2. The minimum absolute atomic E-state index is 0.141. The zero-order valence-electron chi connectivity index (χ0n) is 31.9. The molecule has 1 aliphatic carbocycles. The molecule has 15 heteroatoms. The number of unbranched alkanes of at least 4 members (excludes halogenated alkanes) is 3. The molecule has 1 aliphatic heterocycles. The Labute approximate surface area is 316 Å². The highest BCUT2D eigenvalue weighted by Gasteiger charge is 2.33. The van der Waals surface area contributed by atoms with E-state index in [4.69, 9.17) is 19.9 Å². The number of fused-ring (bicyclic) bond motifs is 2. The lowest BCUT2D eigenvalue weighted by molar-refractivity contribution is -0.120. The van der Waals surface area contributed by atoms with Crippen LogP contribution in [0.25, 0.3) is 0 Å². The summed E-state index contributed by atoms with van der Waals surface area (Å²) in [5.41, 5.74) is 6.77. The molecule has 2 bridgehead atoms. The number of amides is 3. The van der Waals surface area contributed by atoms with Gasteiger partial charge in [-0.15, -0.1) is 0 Å². The van der Waals surface area contributed by atoms with Crippen LogP contribution in [0.4, 0.5) is 4.79 Å². The molecule has 1 aromatic heterocycles. The van der Waals surface area contributed by atoms with Crippen LogP contribution < -0.4 is 21.7 Å². The zero-order valence-corrected chi connectivity index (χ0v) is 31.9. The van der Waals surface area contributed by atoms with Gasteiger partial charge in [0.05, 0.1) is 23.6 Å². The lowest BCUT2D eigenvalue weighted by Gasteiger charge is -2.30. The molecular weight excluding hydrogens is 696 g/mol. The van der Waals surface area contributed by atoms with E-state index < -0.39 is 53.9 Å². The number of rotatable bonds is 12. The van der Waals surface area contributed by atoms with E-state index in [9.17, 15) is 29.1 Å². The minimum atomic E-state index is -1.01. The molecule has 0 fully saturated rings. The van der Waals surface area contributed by atoms with Crippen LogP contribution in [0, 0.1) is 11.8 Å². The molecule has 2 heterocycles. The van der Waals surface area contributed by atoms with Gasteiger partial charge in [0.25, 0.3) is 11.8 Å². The van der Waals surface area contributed by atoms with E-state index in [0.29, 0.717) is 37.2 Å². The summed E-state index contributed by atoms with van der Waals surface area (Å²) >= 11 is 0. The topological polar surface area (TPSA) is 221 Å². The molecular formula is C39H54N6O9. The lowest BCUT2D eigenvalue weighted by atomic mass is 9.85. The molecule has 0 saturated carbocycles. The molecule has 6 N–H and O–H groups in total. The molecule has 0 spiro atoms. The molecule has 15 nitrogen and oxygen atoms in total. The van der Waals surface area contributed by atoms with Gasteiger partial charge in [0, 0.05) is 56.6 Å². The number of hydrogen-bond donors (Lipinski definition) is 5. The van der Waals surface area contributed by atoms with Crippen LogP contribution in [-0.2, 0) is 28.6 Å². The number of methoxy groups -OCH3 is 2. The van der Waals surface area contributed by atoms with Crippen molar-refractivity contribution in [3.63, 3.8) is 0 Å². The first-order valence-corrected chi connectivity index (χ1v) is 18.1. The number of aliphatic hydroxyl groups is 1. The van der Waals surface area contributed by atoms with Crippen molar-refractivity contribution in [3.8, 4) is 0 Å². The Kier molecular flexibility index (Phi) is 17.4. The van der Waals surface area contributed by atoms with Gasteiger partial charge >= 0.3 is 6.09 Å². The number of nitrogens with two attached hydrogens (primary N) is 1. The quantitative estimate of drug-likeness (QED) is 0.118. The third-order valence-corrected chi connectivity index (χ3v) is 9.30. The van der Waals surface area contributed by atoms with Crippen molar-refractivity contribution in [2.45, 2.75) is 90.6 Å². The summed E-state index contributed by atoms with van der Waals surface area (Å²) in [5.74, 6) is -2.48. The van der Waals surface area contributed by atoms with Gasteiger partial charge in [-0.1, -0.05) is 51.0 Å². The largest absolute Gasteiger partial charge is 0.439 e. The van der Waals surface area contributed by atoms with Crippen LogP contribution in [-0.4, -0.2) is 96.3 Å². The summed E-state index contributed by atoms with van der Waals surface area (Å²) in [5, 5.41) is 20.0. The predicted octanol–water partition coefficient (Wildman–Crippen LogP) is 3.13. The fourth-order valence-electron chi connectivity index (χ4n) is 6.31. The predicted molar refractivity (Wildman–Crippen MR) is 200 cm³/mol. The average Bonchev–Trinajstić information content (AvgIpc) is 3.14. The van der Waals surface area contributed by atoms with Gasteiger partial charge in [0.15, 0.2) is 6.10 Å². The first kappa shape index (κ1) is 43.4. The van der Waals surface area contributed by atoms with Crippen molar-refractivity contribution < 1.29 is 43.3 Å². The van der Waals surface area contributed by atoms with Gasteiger partial charge in [-0.3, -0.25) is 19.2 Å². The number of nitrogens with one attached hydrogen (secondary N) is 3. The second-order valence-electron chi connectivity index (χ2n) is 13.6. The SMILES string of the molecule is CO[C@H]1/C=C\C=C(/C)C(=O)NC2=CC(=O)C(NCCCCCCNC(=O)c3ccncn3)=C(C[C@@H](C)C[C@H](OC)[C@H](O)[C@@H](C)/C=C(\C)[C@@H]1OC(N)=O)C2=O. The zero-order chi connectivity index (χ0) is 39.8. The van der Waals surface area contributed by atoms with E-state index in [0.717, 1.165) is 25.3 Å². The Morgan fingerprint density at radius 1 is 1.06 bits per heavy atom. The highest BCUT2D eigenvalue weighted by atomic mass is 16.6. The number of carbonyl (C=O) groups is 5. The Morgan fingerprint density at radius 3 is 2.43 bits per heavy atom. The summed E-state index contributed by atoms with van der Waals surface area (Å²) in [7, 11) is 2.92. The molecule has 54 heavy (non-hydrogen) atoms. The molecule has 0 unspecified atom stereocenters. The molecule has 3 amide bonds. The second-order valence-corrected chi connectivity index (χ2v) is 13.6. The smallest absolute Gasteiger partial charge is 0.405 e. The Balaban J connectivity index is 1.81. The molecule has 0 saturated heterocycles. The maximum Gasteiger partial charge on any atom is 0.405 e. The summed E-state index contributed by atoms with van der Waals surface area (Å²) in [6, 6.07) is 1.55. The second kappa shape index (κ2) is 21.6. The summed E-state index contributed by atoms with van der Waals surface area (Å²) in [4.78, 5) is 72.4. The average molecular weight is 751 g/mol. The number of nitrogens with zero attached hydrogens (tertiary/aromatic N) is 2. The Hall–Kier alpha value is -4.99. The third-order valence-electron chi connectivity index (χ3n) is 9.30. The van der Waals surface area contributed by atoms with Crippen LogP contribution in [0.2, 0.25) is 0 Å². The number of aliphatic hydroxyl groups excluding tert-OH is 1. The van der Waals surface area contributed by atoms with E-state index in [1.807, 2.05) is 6.92 Å². The molecule has 1 aromatic rings. The fraction of sp³-hybridized carbons (Fsp3) is 0.513. The van der Waals surface area contributed by atoms with Gasteiger partial charge in [0.1, 0.15) is 18.1 Å². The summed E-state index contributed by atoms with van der Waals surface area (Å²) < 4.78 is 16.7. The Bertz CT molecular complexity index is 1650. The third kappa shape index (κ3) is 12.8.